The fraction of sp³-hybridized carbons (Fsp3) is 0.423. The summed E-state index contributed by atoms with van der Waals surface area (Å²) in [5, 5.41) is 8.25. The number of amides is 2. The summed E-state index contributed by atoms with van der Waals surface area (Å²) in [6, 6.07) is 6.71. The van der Waals surface area contributed by atoms with Gasteiger partial charge in [0.1, 0.15) is 11.8 Å². The summed E-state index contributed by atoms with van der Waals surface area (Å²) in [6.07, 6.45) is 0.348. The number of ether oxygens (including phenoxy) is 3. The topological polar surface area (TPSA) is 103 Å². The van der Waals surface area contributed by atoms with Crippen LogP contribution in [-0.2, 0) is 15.8 Å². The van der Waals surface area contributed by atoms with Gasteiger partial charge in [-0.1, -0.05) is 6.07 Å². The van der Waals surface area contributed by atoms with Gasteiger partial charge in [-0.25, -0.2) is 9.78 Å². The van der Waals surface area contributed by atoms with Crippen LogP contribution in [0.2, 0.25) is 0 Å². The molecule has 0 bridgehead atoms. The third-order valence-electron chi connectivity index (χ3n) is 6.54. The number of aromatic nitrogens is 3. The Morgan fingerprint density at radius 2 is 1.74 bits per heavy atom. The van der Waals surface area contributed by atoms with Crippen LogP contribution in [0.15, 0.2) is 42.9 Å². The van der Waals surface area contributed by atoms with Gasteiger partial charge in [-0.05, 0) is 36.2 Å². The Bertz CT molecular complexity index is 1300. The van der Waals surface area contributed by atoms with Gasteiger partial charge in [0.25, 0.3) is 0 Å². The van der Waals surface area contributed by atoms with Gasteiger partial charge < -0.3 is 29.7 Å². The van der Waals surface area contributed by atoms with Crippen molar-refractivity contribution in [3.63, 3.8) is 0 Å². The van der Waals surface area contributed by atoms with Crippen molar-refractivity contribution in [2.45, 2.75) is 32.2 Å². The molecule has 1 aromatic carbocycles. The van der Waals surface area contributed by atoms with Crippen LogP contribution in [0, 0.1) is 6.92 Å². The number of nitrogens with zero attached hydrogens (tertiary/aromatic N) is 4. The molecule has 3 aromatic rings. The van der Waals surface area contributed by atoms with Crippen molar-refractivity contribution in [2.24, 2.45) is 0 Å². The predicted molar refractivity (Wildman–Crippen MR) is 138 cm³/mol. The molecule has 2 aliphatic rings. The van der Waals surface area contributed by atoms with Crippen molar-refractivity contribution in [3.05, 3.63) is 48.4 Å². The lowest BCUT2D eigenvalue weighted by atomic mass is 10.0. The standard InChI is InChI=1S/C26H29F3N6O4/c1-17-2-3-19(32-25(36)33-20-15-31-35(16-20)26(27,28)29)13-22(17)18-12-23(34-6-10-38-11-7-34)24(30-14-18)39-21-4-8-37-9-5-21/h2-3,12-16,21H,4-11H2,1H3,(H2,32,33,36). The lowest BCUT2D eigenvalue weighted by Gasteiger charge is -2.31. The Labute approximate surface area is 223 Å². The second-order valence-corrected chi connectivity index (χ2v) is 9.33. The normalized spacial score (nSPS) is 16.7. The van der Waals surface area contributed by atoms with E-state index >= 15 is 0 Å². The quantitative estimate of drug-likeness (QED) is 0.459. The number of morpholine rings is 1. The molecule has 2 aromatic heterocycles. The predicted octanol–water partition coefficient (Wildman–Crippen LogP) is 4.77. The maximum Gasteiger partial charge on any atom is 0.504 e. The number of hydrogen-bond acceptors (Lipinski definition) is 7. The monoisotopic (exact) mass is 546 g/mol. The van der Waals surface area contributed by atoms with Gasteiger partial charge in [0.15, 0.2) is 0 Å². The molecular weight excluding hydrogens is 517 g/mol. The summed E-state index contributed by atoms with van der Waals surface area (Å²) >= 11 is 0. The molecule has 0 spiro atoms. The number of carbonyl (C=O) groups is 1. The number of anilines is 3. The Kier molecular flexibility index (Phi) is 7.89. The van der Waals surface area contributed by atoms with Gasteiger partial charge in [-0.15, -0.1) is 13.2 Å². The van der Waals surface area contributed by atoms with Crippen molar-refractivity contribution in [2.75, 3.05) is 55.1 Å². The summed E-state index contributed by atoms with van der Waals surface area (Å²) < 4.78 is 55.4. The summed E-state index contributed by atoms with van der Waals surface area (Å²) in [5.41, 5.74) is 3.89. The zero-order valence-electron chi connectivity index (χ0n) is 21.3. The molecule has 0 atom stereocenters. The van der Waals surface area contributed by atoms with E-state index in [1.807, 2.05) is 19.1 Å². The number of benzene rings is 1. The van der Waals surface area contributed by atoms with E-state index in [4.69, 9.17) is 14.2 Å². The van der Waals surface area contributed by atoms with Crippen LogP contribution in [0.3, 0.4) is 0 Å². The minimum Gasteiger partial charge on any atom is -0.473 e. The first-order valence-electron chi connectivity index (χ1n) is 12.6. The third-order valence-corrected chi connectivity index (χ3v) is 6.54. The Balaban J connectivity index is 1.36. The Hall–Kier alpha value is -3.84. The highest BCUT2D eigenvalue weighted by atomic mass is 19.4. The number of urea groups is 1. The number of aryl methyl sites for hydroxylation is 1. The average Bonchev–Trinajstić information content (AvgIpc) is 3.40. The summed E-state index contributed by atoms with van der Waals surface area (Å²) in [7, 11) is 0. The summed E-state index contributed by atoms with van der Waals surface area (Å²) in [4.78, 5) is 19.4. The molecule has 0 saturated carbocycles. The van der Waals surface area contributed by atoms with E-state index < -0.39 is 12.3 Å². The highest BCUT2D eigenvalue weighted by Crippen LogP contribution is 2.35. The minimum atomic E-state index is -4.66. The molecule has 13 heteroatoms. The van der Waals surface area contributed by atoms with Crippen molar-refractivity contribution in [1.29, 1.82) is 0 Å². The molecule has 2 amide bonds. The van der Waals surface area contributed by atoms with Gasteiger partial charge in [0.05, 0.1) is 44.5 Å². The van der Waals surface area contributed by atoms with Gasteiger partial charge >= 0.3 is 12.3 Å². The maximum atomic E-state index is 12.8. The van der Waals surface area contributed by atoms with E-state index in [0.717, 1.165) is 41.4 Å². The van der Waals surface area contributed by atoms with Crippen molar-refractivity contribution < 1.29 is 32.2 Å². The average molecular weight is 547 g/mol. The van der Waals surface area contributed by atoms with E-state index in [9.17, 15) is 18.0 Å². The molecule has 39 heavy (non-hydrogen) atoms. The molecule has 2 fully saturated rings. The van der Waals surface area contributed by atoms with E-state index in [1.165, 1.54) is 0 Å². The van der Waals surface area contributed by atoms with E-state index in [0.29, 0.717) is 57.3 Å². The number of carbonyl (C=O) groups excluding carboxylic acids is 1. The molecular formula is C26H29F3N6O4. The number of alkyl halides is 3. The molecule has 0 radical (unpaired) electrons. The van der Waals surface area contributed by atoms with E-state index in [-0.39, 0.29) is 16.5 Å². The number of pyridine rings is 1. The minimum absolute atomic E-state index is 0.0351. The van der Waals surface area contributed by atoms with Gasteiger partial charge in [0.2, 0.25) is 5.88 Å². The SMILES string of the molecule is Cc1ccc(NC(=O)Nc2cnn(C(F)(F)F)c2)cc1-c1cnc(OC2CCOCC2)c(N2CCOCC2)c1. The maximum absolute atomic E-state index is 12.8. The largest absolute Gasteiger partial charge is 0.504 e. The van der Waals surface area contributed by atoms with Crippen molar-refractivity contribution >= 4 is 23.1 Å². The fourth-order valence-corrected chi connectivity index (χ4v) is 4.49. The Morgan fingerprint density at radius 3 is 2.46 bits per heavy atom. The first-order chi connectivity index (χ1) is 18.8. The van der Waals surface area contributed by atoms with Crippen molar-refractivity contribution in [1.82, 2.24) is 14.8 Å². The molecule has 0 aliphatic carbocycles. The van der Waals surface area contributed by atoms with Gasteiger partial charge in [-0.3, -0.25) is 0 Å². The fourth-order valence-electron chi connectivity index (χ4n) is 4.49. The Morgan fingerprint density at radius 1 is 1.03 bits per heavy atom. The molecule has 208 valence electrons. The number of rotatable bonds is 6. The highest BCUT2D eigenvalue weighted by molar-refractivity contribution is 6.00. The van der Waals surface area contributed by atoms with E-state index in [1.54, 1.807) is 18.3 Å². The highest BCUT2D eigenvalue weighted by Gasteiger charge is 2.31. The van der Waals surface area contributed by atoms with Gasteiger partial charge in [-0.2, -0.15) is 9.78 Å². The second-order valence-electron chi connectivity index (χ2n) is 9.33. The summed E-state index contributed by atoms with van der Waals surface area (Å²) in [6.45, 7) is 5.90. The van der Waals surface area contributed by atoms with Crippen LogP contribution in [0.4, 0.5) is 35.0 Å². The molecule has 5 rings (SSSR count). The number of halogens is 3. The zero-order valence-corrected chi connectivity index (χ0v) is 21.3. The van der Waals surface area contributed by atoms with Crippen LogP contribution < -0.4 is 20.3 Å². The smallest absolute Gasteiger partial charge is 0.473 e. The molecule has 10 nitrogen and oxygen atoms in total. The lowest BCUT2D eigenvalue weighted by molar-refractivity contribution is -0.212. The first-order valence-corrected chi connectivity index (χ1v) is 12.6. The molecule has 2 N–H and O–H groups in total. The summed E-state index contributed by atoms with van der Waals surface area (Å²) in [5.74, 6) is 0.568. The van der Waals surface area contributed by atoms with Crippen LogP contribution in [0.5, 0.6) is 5.88 Å². The van der Waals surface area contributed by atoms with Crippen LogP contribution in [0.25, 0.3) is 11.1 Å². The molecule has 0 unspecified atom stereocenters. The van der Waals surface area contributed by atoms with Gasteiger partial charge in [0, 0.05) is 43.4 Å². The second kappa shape index (κ2) is 11.5. The van der Waals surface area contributed by atoms with Crippen LogP contribution in [0.1, 0.15) is 18.4 Å². The zero-order chi connectivity index (χ0) is 27.4. The number of hydrogen-bond donors (Lipinski definition) is 2. The molecule has 4 heterocycles. The number of nitrogens with one attached hydrogen (secondary N) is 2. The molecule has 2 aliphatic heterocycles. The van der Waals surface area contributed by atoms with Crippen molar-refractivity contribution in [3.8, 4) is 17.0 Å². The lowest BCUT2D eigenvalue weighted by Crippen LogP contribution is -2.37. The first kappa shape index (κ1) is 26.8. The van der Waals surface area contributed by atoms with Crippen LogP contribution >= 0.6 is 0 Å². The third kappa shape index (κ3) is 6.60. The van der Waals surface area contributed by atoms with E-state index in [2.05, 4.69) is 25.6 Å². The molecule has 2 saturated heterocycles. The van der Waals surface area contributed by atoms with Crippen LogP contribution in [-0.4, -0.2) is 66.4 Å².